The average molecular weight is 373 g/mol. The molecule has 1 aliphatic heterocycles. The van der Waals surface area contributed by atoms with E-state index in [1.807, 2.05) is 0 Å². The number of hydrogen-bond acceptors (Lipinski definition) is 10. The first-order chi connectivity index (χ1) is 12.2. The highest BCUT2D eigenvalue weighted by atomic mass is 16.7. The van der Waals surface area contributed by atoms with Gasteiger partial charge in [0.1, 0.15) is 6.10 Å². The Morgan fingerprint density at radius 3 is 2.04 bits per heavy atom. The van der Waals surface area contributed by atoms with Gasteiger partial charge in [0.25, 0.3) is 0 Å². The fraction of sp³-hybridized carbons (Fsp3) is 0.714. The van der Waals surface area contributed by atoms with Gasteiger partial charge in [0.2, 0.25) is 12.4 Å². The highest BCUT2D eigenvalue weighted by Gasteiger charge is 2.55. The zero-order chi connectivity index (χ0) is 19.9. The first-order valence-electron chi connectivity index (χ1n) is 7.59. The molecule has 144 valence electrons. The molecule has 0 spiro atoms. The fourth-order valence-corrected chi connectivity index (χ4v) is 2.33. The molecule has 1 aliphatic rings. The molecule has 0 amide bonds. The Hall–Kier alpha value is -2.85. The third-order valence-electron chi connectivity index (χ3n) is 3.11. The van der Waals surface area contributed by atoms with E-state index < -0.39 is 54.5 Å². The average Bonchev–Trinajstić information content (AvgIpc) is 2.81. The van der Waals surface area contributed by atoms with Gasteiger partial charge in [-0.3, -0.25) is 19.2 Å². The van der Waals surface area contributed by atoms with Crippen molar-refractivity contribution in [3.8, 4) is 0 Å². The number of nitrogens with zero attached hydrogens (tertiary/aromatic N) is 3. The monoisotopic (exact) mass is 373 g/mol. The molecule has 1 rings (SSSR count). The van der Waals surface area contributed by atoms with E-state index in [1.165, 1.54) is 6.92 Å². The summed E-state index contributed by atoms with van der Waals surface area (Å²) in [5.41, 5.74) is 8.72. The molecular weight excluding hydrogens is 354 g/mol. The molecule has 1 heterocycles. The summed E-state index contributed by atoms with van der Waals surface area (Å²) >= 11 is 0. The normalized spacial score (nSPS) is 25.4. The predicted molar refractivity (Wildman–Crippen MR) is 81.1 cm³/mol. The molecule has 0 aromatic heterocycles. The molecule has 0 aliphatic carbocycles. The van der Waals surface area contributed by atoms with E-state index >= 15 is 0 Å². The van der Waals surface area contributed by atoms with Crippen LogP contribution < -0.4 is 0 Å². The van der Waals surface area contributed by atoms with Crippen LogP contribution in [0.2, 0.25) is 0 Å². The maximum atomic E-state index is 12.1. The minimum absolute atomic E-state index is 0.0119. The number of carbonyl (C=O) groups is 4. The topological polar surface area (TPSA) is 163 Å². The van der Waals surface area contributed by atoms with Gasteiger partial charge >= 0.3 is 23.9 Å². The molecule has 0 radical (unpaired) electrons. The van der Waals surface area contributed by atoms with E-state index in [1.54, 1.807) is 0 Å². The first-order valence-corrected chi connectivity index (χ1v) is 7.59. The number of ether oxygens (including phenoxy) is 5. The number of rotatable bonds is 7. The summed E-state index contributed by atoms with van der Waals surface area (Å²) in [7, 11) is 0. The molecule has 1 fully saturated rings. The number of carbonyl (C=O) groups excluding carboxylic acids is 4. The second-order valence-corrected chi connectivity index (χ2v) is 5.13. The first kappa shape index (κ1) is 21.2. The van der Waals surface area contributed by atoms with E-state index in [9.17, 15) is 19.2 Å². The summed E-state index contributed by atoms with van der Waals surface area (Å²) < 4.78 is 25.3. The second kappa shape index (κ2) is 9.59. The molecule has 12 nitrogen and oxygen atoms in total. The number of esters is 4. The van der Waals surface area contributed by atoms with Crippen LogP contribution in [0.25, 0.3) is 10.4 Å². The molecule has 0 saturated carbocycles. The second-order valence-electron chi connectivity index (χ2n) is 5.13. The van der Waals surface area contributed by atoms with Crippen LogP contribution in [-0.2, 0) is 42.9 Å². The highest BCUT2D eigenvalue weighted by Crippen LogP contribution is 2.31. The van der Waals surface area contributed by atoms with Gasteiger partial charge in [0.05, 0.1) is 6.61 Å². The molecule has 1 saturated heterocycles. The van der Waals surface area contributed by atoms with Gasteiger partial charge < -0.3 is 23.7 Å². The largest absolute Gasteiger partial charge is 0.466 e. The quantitative estimate of drug-likeness (QED) is 0.202. The van der Waals surface area contributed by atoms with Crippen LogP contribution in [0.1, 0.15) is 27.7 Å². The van der Waals surface area contributed by atoms with Gasteiger partial charge in [-0.1, -0.05) is 5.11 Å². The summed E-state index contributed by atoms with van der Waals surface area (Å²) in [6.45, 7) is 4.77. The Labute approximate surface area is 148 Å². The Bertz CT molecular complexity index is 617. The zero-order valence-corrected chi connectivity index (χ0v) is 14.6. The summed E-state index contributed by atoms with van der Waals surface area (Å²) in [5, 5.41) is 3.32. The minimum atomic E-state index is -1.57. The number of azide groups is 1. The Balaban J connectivity index is 3.28. The number of hydrogen-bond donors (Lipinski definition) is 0. The van der Waals surface area contributed by atoms with E-state index in [-0.39, 0.29) is 6.61 Å². The summed E-state index contributed by atoms with van der Waals surface area (Å²) in [6.07, 6.45) is -5.61. The summed E-state index contributed by atoms with van der Waals surface area (Å²) in [5.74, 6) is -3.28. The Morgan fingerprint density at radius 1 is 1.04 bits per heavy atom. The lowest BCUT2D eigenvalue weighted by molar-refractivity contribution is -0.196. The standard InChI is InChI=1S/C14H19N3O9/c1-5-22-13(21)9(16-17-15)10-11(23-6(2)18)12(24-7(3)19)14(26-10)25-8(4)20/h9-12,14H,5H2,1-4H3/t9-,10+,11+,12+,14?/m0/s1. The van der Waals surface area contributed by atoms with Gasteiger partial charge in [0, 0.05) is 25.7 Å². The Morgan fingerprint density at radius 2 is 1.58 bits per heavy atom. The van der Waals surface area contributed by atoms with Crippen LogP contribution in [0.3, 0.4) is 0 Å². The summed E-state index contributed by atoms with van der Waals surface area (Å²) in [4.78, 5) is 48.7. The lowest BCUT2D eigenvalue weighted by atomic mass is 10.0. The van der Waals surface area contributed by atoms with Crippen molar-refractivity contribution in [2.45, 2.75) is 58.3 Å². The van der Waals surface area contributed by atoms with Crippen LogP contribution in [0.15, 0.2) is 5.11 Å². The third-order valence-corrected chi connectivity index (χ3v) is 3.11. The fourth-order valence-electron chi connectivity index (χ4n) is 2.33. The maximum Gasteiger partial charge on any atom is 0.317 e. The van der Waals surface area contributed by atoms with Crippen LogP contribution in [0, 0.1) is 0 Å². The van der Waals surface area contributed by atoms with Crippen molar-refractivity contribution in [1.82, 2.24) is 0 Å². The maximum absolute atomic E-state index is 12.1. The van der Waals surface area contributed by atoms with E-state index in [2.05, 4.69) is 10.0 Å². The molecule has 0 N–H and O–H groups in total. The van der Waals surface area contributed by atoms with Crippen molar-refractivity contribution in [2.24, 2.45) is 5.11 Å². The molecule has 26 heavy (non-hydrogen) atoms. The minimum Gasteiger partial charge on any atom is -0.466 e. The Kier molecular flexibility index (Phi) is 7.81. The van der Waals surface area contributed by atoms with Crippen LogP contribution >= 0.6 is 0 Å². The SMILES string of the molecule is CCOC(=O)[C@@H](N=[N+]=[N-])[C@H]1OC(OC(C)=O)[C@H](OC(C)=O)[C@@H]1OC(C)=O. The molecule has 12 heteroatoms. The van der Waals surface area contributed by atoms with Crippen molar-refractivity contribution >= 4 is 23.9 Å². The van der Waals surface area contributed by atoms with Crippen molar-refractivity contribution in [1.29, 1.82) is 0 Å². The smallest absolute Gasteiger partial charge is 0.317 e. The van der Waals surface area contributed by atoms with Gasteiger partial charge in [-0.15, -0.1) is 0 Å². The molecule has 1 unspecified atom stereocenters. The van der Waals surface area contributed by atoms with Gasteiger partial charge in [-0.25, -0.2) is 0 Å². The molecular formula is C14H19N3O9. The molecule has 0 aromatic rings. The van der Waals surface area contributed by atoms with Crippen LogP contribution in [0.5, 0.6) is 0 Å². The molecule has 0 aromatic carbocycles. The third kappa shape index (κ3) is 5.60. The predicted octanol–water partition coefficient (Wildman–Crippen LogP) is 0.380. The lowest BCUT2D eigenvalue weighted by Crippen LogP contribution is -2.46. The van der Waals surface area contributed by atoms with Crippen LogP contribution in [0.4, 0.5) is 0 Å². The van der Waals surface area contributed by atoms with E-state index in [0.717, 1.165) is 20.8 Å². The molecule has 0 bridgehead atoms. The van der Waals surface area contributed by atoms with Gasteiger partial charge in [-0.2, -0.15) is 0 Å². The van der Waals surface area contributed by atoms with Crippen molar-refractivity contribution in [3.63, 3.8) is 0 Å². The van der Waals surface area contributed by atoms with Gasteiger partial charge in [-0.05, 0) is 12.5 Å². The van der Waals surface area contributed by atoms with E-state index in [4.69, 9.17) is 29.2 Å². The van der Waals surface area contributed by atoms with Gasteiger partial charge in [0.15, 0.2) is 12.1 Å². The van der Waals surface area contributed by atoms with E-state index in [0.29, 0.717) is 0 Å². The summed E-state index contributed by atoms with van der Waals surface area (Å²) in [6, 6.07) is -1.57. The van der Waals surface area contributed by atoms with Crippen molar-refractivity contribution in [3.05, 3.63) is 10.4 Å². The highest BCUT2D eigenvalue weighted by molar-refractivity contribution is 5.77. The van der Waals surface area contributed by atoms with Crippen molar-refractivity contribution < 1.29 is 42.9 Å². The van der Waals surface area contributed by atoms with Crippen molar-refractivity contribution in [2.75, 3.05) is 6.61 Å². The lowest BCUT2D eigenvalue weighted by Gasteiger charge is -2.24. The molecule has 5 atom stereocenters. The zero-order valence-electron chi connectivity index (χ0n) is 14.6. The van der Waals surface area contributed by atoms with Crippen LogP contribution in [-0.4, -0.2) is 61.1 Å².